The molecule has 0 heterocycles. The van der Waals surface area contributed by atoms with Crippen LogP contribution >= 0.6 is 9.24 Å². The number of rotatable bonds is 4. The van der Waals surface area contributed by atoms with Gasteiger partial charge >= 0.3 is 0 Å². The van der Waals surface area contributed by atoms with E-state index in [-0.39, 0.29) is 0 Å². The van der Waals surface area contributed by atoms with Crippen LogP contribution in [0.5, 0.6) is 0 Å². The van der Waals surface area contributed by atoms with E-state index in [1.807, 2.05) is 7.05 Å². The Labute approximate surface area is 72.5 Å². The van der Waals surface area contributed by atoms with Gasteiger partial charge in [-0.25, -0.2) is 0 Å². The van der Waals surface area contributed by atoms with Crippen LogP contribution in [-0.2, 0) is 0 Å². The highest BCUT2D eigenvalue weighted by Crippen LogP contribution is 2.49. The molecule has 1 fully saturated rings. The van der Waals surface area contributed by atoms with Gasteiger partial charge in [0.15, 0.2) is 0 Å². The predicted molar refractivity (Wildman–Crippen MR) is 54.0 cm³/mol. The van der Waals surface area contributed by atoms with E-state index in [9.17, 15) is 0 Å². The maximum Gasteiger partial charge on any atom is -0.00466 e. The van der Waals surface area contributed by atoms with Gasteiger partial charge in [-0.1, -0.05) is 13.3 Å². The third-order valence-electron chi connectivity index (χ3n) is 3.05. The van der Waals surface area contributed by atoms with Gasteiger partial charge in [0, 0.05) is 0 Å². The Hall–Kier alpha value is 0.390. The normalized spacial score (nSPS) is 36.8. The Kier molecular flexibility index (Phi) is 3.33. The lowest BCUT2D eigenvalue weighted by atomic mass is 9.64. The van der Waals surface area contributed by atoms with Gasteiger partial charge in [0.05, 0.1) is 0 Å². The second-order valence-electron chi connectivity index (χ2n) is 3.88. The highest BCUT2D eigenvalue weighted by molar-refractivity contribution is 7.17. The predicted octanol–water partition coefficient (Wildman–Crippen LogP) is 2.03. The van der Waals surface area contributed by atoms with Crippen LogP contribution in [0.15, 0.2) is 0 Å². The molecule has 1 rings (SSSR count). The molecule has 1 unspecified atom stereocenters. The molecule has 0 aromatic heterocycles. The summed E-state index contributed by atoms with van der Waals surface area (Å²) in [6.07, 6.45) is 5.58. The first-order valence-electron chi connectivity index (χ1n) is 4.62. The van der Waals surface area contributed by atoms with Gasteiger partial charge in [-0.2, -0.15) is 0 Å². The Bertz CT molecular complexity index is 119. The van der Waals surface area contributed by atoms with Crippen molar-refractivity contribution in [1.29, 1.82) is 0 Å². The molecule has 1 aliphatic rings. The molecule has 0 amide bonds. The lowest BCUT2D eigenvalue weighted by molar-refractivity contribution is 0.122. The second kappa shape index (κ2) is 3.87. The van der Waals surface area contributed by atoms with Crippen LogP contribution in [0.2, 0.25) is 0 Å². The topological polar surface area (TPSA) is 12.0 Å². The van der Waals surface area contributed by atoms with Crippen LogP contribution in [-0.4, -0.2) is 19.3 Å². The largest absolute Gasteiger partial charge is 0.320 e. The summed E-state index contributed by atoms with van der Waals surface area (Å²) in [4.78, 5) is 0. The van der Waals surface area contributed by atoms with E-state index in [0.717, 1.165) is 5.66 Å². The third kappa shape index (κ3) is 2.16. The van der Waals surface area contributed by atoms with Crippen LogP contribution in [0.1, 0.15) is 32.6 Å². The van der Waals surface area contributed by atoms with E-state index in [4.69, 9.17) is 0 Å². The van der Waals surface area contributed by atoms with Gasteiger partial charge < -0.3 is 5.32 Å². The van der Waals surface area contributed by atoms with E-state index >= 15 is 0 Å². The fourth-order valence-electron chi connectivity index (χ4n) is 2.11. The SMILES string of the molecule is CCC1(CCNC)CC(P)C1. The molecule has 66 valence electrons. The molecule has 1 N–H and O–H groups in total. The summed E-state index contributed by atoms with van der Waals surface area (Å²) in [5, 5.41) is 3.23. The van der Waals surface area contributed by atoms with Crippen LogP contribution in [0, 0.1) is 5.41 Å². The average Bonchev–Trinajstić information content (AvgIpc) is 1.96. The summed E-state index contributed by atoms with van der Waals surface area (Å²) < 4.78 is 0. The number of nitrogens with one attached hydrogen (secondary N) is 1. The number of hydrogen-bond acceptors (Lipinski definition) is 1. The van der Waals surface area contributed by atoms with Crippen molar-refractivity contribution in [3.05, 3.63) is 0 Å². The van der Waals surface area contributed by atoms with E-state index in [1.54, 1.807) is 0 Å². The van der Waals surface area contributed by atoms with Crippen LogP contribution in [0.3, 0.4) is 0 Å². The highest BCUT2D eigenvalue weighted by atomic mass is 31.0. The van der Waals surface area contributed by atoms with Gasteiger partial charge in [-0.05, 0) is 43.9 Å². The summed E-state index contributed by atoms with van der Waals surface area (Å²) in [5.74, 6) is 0. The van der Waals surface area contributed by atoms with E-state index < -0.39 is 0 Å². The zero-order valence-electron chi connectivity index (χ0n) is 7.69. The average molecular weight is 173 g/mol. The van der Waals surface area contributed by atoms with Crippen molar-refractivity contribution >= 4 is 9.24 Å². The summed E-state index contributed by atoms with van der Waals surface area (Å²) in [7, 11) is 4.98. The standard InChI is InChI=1S/C9H20NP/c1-3-9(4-5-10-2)6-8(11)7-9/h8,10H,3-7,11H2,1-2H3. The Balaban J connectivity index is 2.26. The van der Waals surface area contributed by atoms with Crippen molar-refractivity contribution in [2.45, 2.75) is 38.3 Å². The van der Waals surface area contributed by atoms with Crippen molar-refractivity contribution in [1.82, 2.24) is 5.32 Å². The van der Waals surface area contributed by atoms with Crippen LogP contribution < -0.4 is 5.32 Å². The highest BCUT2D eigenvalue weighted by Gasteiger charge is 2.39. The van der Waals surface area contributed by atoms with Crippen molar-refractivity contribution in [3.63, 3.8) is 0 Å². The minimum absolute atomic E-state index is 0.704. The minimum Gasteiger partial charge on any atom is -0.320 e. The van der Waals surface area contributed by atoms with E-state index in [1.165, 1.54) is 32.2 Å². The van der Waals surface area contributed by atoms with Crippen molar-refractivity contribution in [2.24, 2.45) is 5.41 Å². The van der Waals surface area contributed by atoms with Crippen molar-refractivity contribution in [2.75, 3.05) is 13.6 Å². The van der Waals surface area contributed by atoms with Gasteiger partial charge in [0.2, 0.25) is 0 Å². The Morgan fingerprint density at radius 3 is 2.55 bits per heavy atom. The lowest BCUT2D eigenvalue weighted by Gasteiger charge is -2.46. The molecule has 0 spiro atoms. The molecule has 0 aliphatic heterocycles. The monoisotopic (exact) mass is 173 g/mol. The van der Waals surface area contributed by atoms with E-state index in [0.29, 0.717) is 5.41 Å². The van der Waals surface area contributed by atoms with E-state index in [2.05, 4.69) is 21.5 Å². The van der Waals surface area contributed by atoms with Crippen LogP contribution in [0.25, 0.3) is 0 Å². The quantitative estimate of drug-likeness (QED) is 0.641. The molecule has 11 heavy (non-hydrogen) atoms. The minimum atomic E-state index is 0.704. The smallest absolute Gasteiger partial charge is 0.00466 e. The molecule has 1 aliphatic carbocycles. The molecule has 0 saturated heterocycles. The first kappa shape index (κ1) is 9.48. The number of hydrogen-bond donors (Lipinski definition) is 1. The molecule has 1 saturated carbocycles. The molecule has 0 bridgehead atoms. The fourth-order valence-corrected chi connectivity index (χ4v) is 3.11. The first-order chi connectivity index (χ1) is 5.22. The molecule has 1 nitrogen and oxygen atoms in total. The first-order valence-corrected chi connectivity index (χ1v) is 5.29. The summed E-state index contributed by atoms with van der Waals surface area (Å²) >= 11 is 0. The van der Waals surface area contributed by atoms with Crippen molar-refractivity contribution in [3.8, 4) is 0 Å². The third-order valence-corrected chi connectivity index (χ3v) is 3.52. The second-order valence-corrected chi connectivity index (χ2v) is 4.82. The molecule has 0 aromatic carbocycles. The van der Waals surface area contributed by atoms with Crippen molar-refractivity contribution < 1.29 is 0 Å². The summed E-state index contributed by atoms with van der Waals surface area (Å²) in [5.41, 5.74) is 1.61. The summed E-state index contributed by atoms with van der Waals surface area (Å²) in [6, 6.07) is 0. The maximum absolute atomic E-state index is 3.23. The van der Waals surface area contributed by atoms with Gasteiger partial charge in [0.1, 0.15) is 0 Å². The fraction of sp³-hybridized carbons (Fsp3) is 1.00. The molecular weight excluding hydrogens is 153 g/mol. The lowest BCUT2D eigenvalue weighted by Crippen LogP contribution is -2.39. The molecule has 1 atom stereocenters. The van der Waals surface area contributed by atoms with Crippen LogP contribution in [0.4, 0.5) is 0 Å². The zero-order valence-corrected chi connectivity index (χ0v) is 8.84. The Morgan fingerprint density at radius 2 is 2.18 bits per heavy atom. The van der Waals surface area contributed by atoms with Gasteiger partial charge in [0.25, 0.3) is 0 Å². The Morgan fingerprint density at radius 1 is 1.55 bits per heavy atom. The van der Waals surface area contributed by atoms with Gasteiger partial charge in [-0.15, -0.1) is 9.24 Å². The maximum atomic E-state index is 3.23. The molecular formula is C9H20NP. The molecule has 2 heteroatoms. The molecule has 0 radical (unpaired) electrons. The zero-order chi connectivity index (χ0) is 8.32. The van der Waals surface area contributed by atoms with Gasteiger partial charge in [-0.3, -0.25) is 0 Å². The summed E-state index contributed by atoms with van der Waals surface area (Å²) in [6.45, 7) is 3.51. The molecule has 0 aromatic rings.